The fourth-order valence-electron chi connectivity index (χ4n) is 4.43. The van der Waals surface area contributed by atoms with E-state index < -0.39 is 5.91 Å². The second-order valence-corrected chi connectivity index (χ2v) is 8.00. The summed E-state index contributed by atoms with van der Waals surface area (Å²) >= 11 is 0. The van der Waals surface area contributed by atoms with Gasteiger partial charge in [-0.25, -0.2) is 0 Å². The van der Waals surface area contributed by atoms with Gasteiger partial charge in [0.25, 0.3) is 0 Å². The molecule has 0 fully saturated rings. The third kappa shape index (κ3) is 3.72. The van der Waals surface area contributed by atoms with Crippen LogP contribution in [0.15, 0.2) is 54.6 Å². The van der Waals surface area contributed by atoms with Gasteiger partial charge in [0, 0.05) is 22.9 Å². The maximum Gasteiger partial charge on any atom is 0.249 e. The molecule has 0 aliphatic heterocycles. The Hall–Kier alpha value is -3.07. The van der Waals surface area contributed by atoms with E-state index in [0.717, 1.165) is 41.2 Å². The van der Waals surface area contributed by atoms with E-state index in [1.165, 1.54) is 36.0 Å². The summed E-state index contributed by atoms with van der Waals surface area (Å²) in [6.45, 7) is 5.18. The molecule has 2 N–H and O–H groups in total. The Morgan fingerprint density at radius 1 is 1.00 bits per heavy atom. The fourth-order valence-corrected chi connectivity index (χ4v) is 4.43. The molecule has 153 valence electrons. The molecule has 0 aliphatic carbocycles. The Labute approximate surface area is 178 Å². The van der Waals surface area contributed by atoms with E-state index in [2.05, 4.69) is 66.9 Å². The van der Waals surface area contributed by atoms with Gasteiger partial charge in [-0.1, -0.05) is 63.1 Å². The van der Waals surface area contributed by atoms with Crippen LogP contribution in [-0.2, 0) is 19.4 Å². The number of primary amides is 1. The molecule has 0 atom stereocenters. The van der Waals surface area contributed by atoms with Gasteiger partial charge in [0.15, 0.2) is 0 Å². The van der Waals surface area contributed by atoms with Gasteiger partial charge in [0.05, 0.1) is 11.0 Å². The van der Waals surface area contributed by atoms with Crippen molar-refractivity contribution in [2.75, 3.05) is 0 Å². The molecule has 4 rings (SSSR count). The Kier molecular flexibility index (Phi) is 5.89. The van der Waals surface area contributed by atoms with Crippen molar-refractivity contribution in [3.63, 3.8) is 0 Å². The molecule has 1 aromatic heterocycles. The monoisotopic (exact) mass is 397 g/mol. The molecule has 0 spiro atoms. The van der Waals surface area contributed by atoms with Crippen molar-refractivity contribution in [1.29, 1.82) is 0 Å². The van der Waals surface area contributed by atoms with Crippen molar-refractivity contribution in [3.05, 3.63) is 82.9 Å². The minimum Gasteiger partial charge on any atom is -0.366 e. The van der Waals surface area contributed by atoms with Crippen LogP contribution in [-0.4, -0.2) is 10.5 Å². The van der Waals surface area contributed by atoms with Gasteiger partial charge in [0.1, 0.15) is 0 Å². The average molecular weight is 398 g/mol. The van der Waals surface area contributed by atoms with Crippen molar-refractivity contribution in [1.82, 2.24) is 4.57 Å². The number of hydrogen-bond donors (Lipinski definition) is 1. The molecule has 0 aliphatic rings. The minimum absolute atomic E-state index is 0.394. The number of benzene rings is 3. The molecular formula is C27H29N2O. The van der Waals surface area contributed by atoms with Crippen LogP contribution in [0.5, 0.6) is 0 Å². The highest BCUT2D eigenvalue weighted by Crippen LogP contribution is 2.33. The summed E-state index contributed by atoms with van der Waals surface area (Å²) in [7, 11) is 0. The number of carbonyl (C=O) groups is 1. The van der Waals surface area contributed by atoms with Crippen molar-refractivity contribution in [3.8, 4) is 0 Å². The highest BCUT2D eigenvalue weighted by molar-refractivity contribution is 6.17. The van der Waals surface area contributed by atoms with E-state index in [1.807, 2.05) is 12.1 Å². The maximum absolute atomic E-state index is 12.2. The average Bonchev–Trinajstić information content (AvgIpc) is 3.07. The lowest BCUT2D eigenvalue weighted by Gasteiger charge is -2.12. The third-order valence-electron chi connectivity index (χ3n) is 6.02. The highest BCUT2D eigenvalue weighted by atomic mass is 16.1. The van der Waals surface area contributed by atoms with Crippen LogP contribution in [0.3, 0.4) is 0 Å². The van der Waals surface area contributed by atoms with Gasteiger partial charge >= 0.3 is 0 Å². The number of nitrogens with zero attached hydrogens (tertiary/aromatic N) is 1. The number of carbonyl (C=O) groups excluding carboxylic acids is 1. The van der Waals surface area contributed by atoms with E-state index in [1.54, 1.807) is 0 Å². The normalized spacial score (nSPS) is 11.4. The molecular weight excluding hydrogens is 368 g/mol. The van der Waals surface area contributed by atoms with E-state index in [4.69, 9.17) is 5.73 Å². The number of hydrogen-bond acceptors (Lipinski definition) is 1. The second-order valence-electron chi connectivity index (χ2n) is 8.00. The quantitative estimate of drug-likeness (QED) is 0.362. The molecule has 1 radical (unpaired) electrons. The van der Waals surface area contributed by atoms with Crippen molar-refractivity contribution in [2.45, 2.75) is 52.5 Å². The molecule has 1 heterocycles. The number of amides is 1. The first kappa shape index (κ1) is 20.2. The van der Waals surface area contributed by atoms with Gasteiger partial charge in [-0.05, 0) is 60.2 Å². The zero-order valence-corrected chi connectivity index (χ0v) is 17.9. The molecule has 0 bridgehead atoms. The SMILES string of the molecule is CCCCCc1c[c]c2c3c(C(N)=O)cccc3n(Cc3ccccc3CC)c2c1. The Balaban J connectivity index is 1.93. The van der Waals surface area contributed by atoms with Crippen molar-refractivity contribution >= 4 is 27.7 Å². The summed E-state index contributed by atoms with van der Waals surface area (Å²) in [5, 5.41) is 1.89. The molecule has 0 saturated carbocycles. The zero-order chi connectivity index (χ0) is 21.1. The Morgan fingerprint density at radius 2 is 1.80 bits per heavy atom. The molecule has 3 nitrogen and oxygen atoms in total. The predicted octanol–water partition coefficient (Wildman–Crippen LogP) is 6.04. The van der Waals surface area contributed by atoms with Crippen LogP contribution in [0.25, 0.3) is 21.8 Å². The molecule has 3 aromatic carbocycles. The van der Waals surface area contributed by atoms with Gasteiger partial charge < -0.3 is 10.3 Å². The minimum atomic E-state index is -0.394. The van der Waals surface area contributed by atoms with Crippen molar-refractivity contribution < 1.29 is 4.79 Å². The molecule has 0 saturated heterocycles. The number of rotatable bonds is 8. The first-order valence-electron chi connectivity index (χ1n) is 11.0. The van der Waals surface area contributed by atoms with E-state index >= 15 is 0 Å². The number of fused-ring (bicyclic) bond motifs is 3. The van der Waals surface area contributed by atoms with Gasteiger partial charge in [-0.15, -0.1) is 0 Å². The highest BCUT2D eigenvalue weighted by Gasteiger charge is 2.17. The summed E-state index contributed by atoms with van der Waals surface area (Å²) in [6, 6.07) is 22.3. The van der Waals surface area contributed by atoms with E-state index in [-0.39, 0.29) is 0 Å². The first-order valence-corrected chi connectivity index (χ1v) is 11.0. The molecule has 30 heavy (non-hydrogen) atoms. The van der Waals surface area contributed by atoms with Crippen LogP contribution in [0.2, 0.25) is 0 Å². The lowest BCUT2D eigenvalue weighted by atomic mass is 10.0. The van der Waals surface area contributed by atoms with Crippen LogP contribution < -0.4 is 5.73 Å². The van der Waals surface area contributed by atoms with E-state index in [9.17, 15) is 4.79 Å². The first-order chi connectivity index (χ1) is 14.6. The zero-order valence-electron chi connectivity index (χ0n) is 17.9. The molecule has 3 heteroatoms. The van der Waals surface area contributed by atoms with Crippen molar-refractivity contribution in [2.24, 2.45) is 5.73 Å². The third-order valence-corrected chi connectivity index (χ3v) is 6.02. The summed E-state index contributed by atoms with van der Waals surface area (Å²) in [6.07, 6.45) is 5.67. The number of unbranched alkanes of at least 4 members (excludes halogenated alkanes) is 2. The molecule has 0 unspecified atom stereocenters. The maximum atomic E-state index is 12.2. The number of aryl methyl sites for hydroxylation is 2. The topological polar surface area (TPSA) is 48.0 Å². The van der Waals surface area contributed by atoms with Crippen LogP contribution >= 0.6 is 0 Å². The second kappa shape index (κ2) is 8.74. The Bertz CT molecular complexity index is 1200. The summed E-state index contributed by atoms with van der Waals surface area (Å²) in [5.74, 6) is -0.394. The molecule has 4 aromatic rings. The summed E-state index contributed by atoms with van der Waals surface area (Å²) in [4.78, 5) is 12.2. The van der Waals surface area contributed by atoms with Crippen LogP contribution in [0.1, 0.15) is 60.2 Å². The standard InChI is InChI=1S/C27H29N2O/c1-3-5-6-10-19-15-16-22-25(17-19)29(18-21-12-8-7-11-20(21)4-2)24-14-9-13-23(26(22)24)27(28)30/h7-9,11-15,17H,3-6,10,18H2,1-2H3,(H2,28,30). The number of nitrogens with two attached hydrogens (primary N) is 1. The largest absolute Gasteiger partial charge is 0.366 e. The smallest absolute Gasteiger partial charge is 0.249 e. The Morgan fingerprint density at radius 3 is 2.53 bits per heavy atom. The fraction of sp³-hybridized carbons (Fsp3) is 0.296. The summed E-state index contributed by atoms with van der Waals surface area (Å²) in [5.41, 5.74) is 12.4. The summed E-state index contributed by atoms with van der Waals surface area (Å²) < 4.78 is 2.32. The lowest BCUT2D eigenvalue weighted by molar-refractivity contribution is 0.100. The van der Waals surface area contributed by atoms with Gasteiger partial charge in [-0.3, -0.25) is 4.79 Å². The van der Waals surface area contributed by atoms with Gasteiger partial charge in [0.2, 0.25) is 5.91 Å². The van der Waals surface area contributed by atoms with Gasteiger partial charge in [-0.2, -0.15) is 0 Å². The predicted molar refractivity (Wildman–Crippen MR) is 125 cm³/mol. The lowest BCUT2D eigenvalue weighted by Crippen LogP contribution is -2.11. The number of aromatic nitrogens is 1. The van der Waals surface area contributed by atoms with Crippen LogP contribution in [0.4, 0.5) is 0 Å². The van der Waals surface area contributed by atoms with E-state index in [0.29, 0.717) is 5.56 Å². The molecule has 1 amide bonds. The van der Waals surface area contributed by atoms with Crippen LogP contribution in [0, 0.1) is 6.07 Å².